The standard InChI is InChI=1S/C22H20N2O2/c1-15-9-11-16(12-10-15)14-24-21(17-5-4-6-18(25)13-17)23-20-8-3-2-7-19(20)22(24)26/h2-13,21,23,25H,14H2,1H3. The van der Waals surface area contributed by atoms with Gasteiger partial charge in [-0.3, -0.25) is 4.79 Å². The second-order valence-corrected chi connectivity index (χ2v) is 6.61. The van der Waals surface area contributed by atoms with E-state index in [1.54, 1.807) is 18.2 Å². The Kier molecular flexibility index (Phi) is 4.09. The number of aromatic hydroxyl groups is 1. The van der Waals surface area contributed by atoms with Crippen LogP contribution in [0.2, 0.25) is 0 Å². The summed E-state index contributed by atoms with van der Waals surface area (Å²) >= 11 is 0. The summed E-state index contributed by atoms with van der Waals surface area (Å²) in [5, 5.41) is 13.3. The Morgan fingerprint density at radius 2 is 1.77 bits per heavy atom. The molecule has 1 heterocycles. The molecule has 26 heavy (non-hydrogen) atoms. The van der Waals surface area contributed by atoms with Crippen LogP contribution in [0.25, 0.3) is 0 Å². The summed E-state index contributed by atoms with van der Waals surface area (Å²) in [5.41, 5.74) is 4.57. The third-order valence-corrected chi connectivity index (χ3v) is 4.68. The number of aryl methyl sites for hydroxylation is 1. The first kappa shape index (κ1) is 16.2. The molecule has 1 aliphatic heterocycles. The lowest BCUT2D eigenvalue weighted by molar-refractivity contribution is 0.0666. The van der Waals surface area contributed by atoms with Crippen molar-refractivity contribution in [3.63, 3.8) is 0 Å². The lowest BCUT2D eigenvalue weighted by Crippen LogP contribution is -2.42. The summed E-state index contributed by atoms with van der Waals surface area (Å²) in [6.07, 6.45) is -0.342. The zero-order valence-corrected chi connectivity index (χ0v) is 14.5. The lowest BCUT2D eigenvalue weighted by atomic mass is 10.0. The number of nitrogens with zero attached hydrogens (tertiary/aromatic N) is 1. The molecule has 1 amide bonds. The molecule has 0 aliphatic carbocycles. The molecule has 1 atom stereocenters. The van der Waals surface area contributed by atoms with E-state index >= 15 is 0 Å². The van der Waals surface area contributed by atoms with E-state index in [-0.39, 0.29) is 17.8 Å². The van der Waals surface area contributed by atoms with Crippen LogP contribution in [-0.4, -0.2) is 15.9 Å². The van der Waals surface area contributed by atoms with Gasteiger partial charge in [-0.15, -0.1) is 0 Å². The number of phenolic OH excluding ortho intramolecular Hbond substituents is 1. The molecule has 0 saturated heterocycles. The van der Waals surface area contributed by atoms with Crippen LogP contribution in [-0.2, 0) is 6.54 Å². The highest BCUT2D eigenvalue weighted by Gasteiger charge is 2.32. The van der Waals surface area contributed by atoms with Gasteiger partial charge in [0.1, 0.15) is 11.9 Å². The van der Waals surface area contributed by atoms with Gasteiger partial charge in [-0.05, 0) is 42.3 Å². The zero-order chi connectivity index (χ0) is 18.1. The van der Waals surface area contributed by atoms with Crippen molar-refractivity contribution in [2.24, 2.45) is 0 Å². The Balaban J connectivity index is 1.75. The third kappa shape index (κ3) is 3.02. The highest BCUT2D eigenvalue weighted by Crippen LogP contribution is 2.34. The quantitative estimate of drug-likeness (QED) is 0.737. The van der Waals surface area contributed by atoms with Gasteiger partial charge in [-0.2, -0.15) is 0 Å². The molecule has 4 nitrogen and oxygen atoms in total. The Bertz CT molecular complexity index is 950. The molecule has 0 bridgehead atoms. The number of carbonyl (C=O) groups excluding carboxylic acids is 1. The first-order valence-corrected chi connectivity index (χ1v) is 8.63. The van der Waals surface area contributed by atoms with Crippen LogP contribution in [0.5, 0.6) is 5.75 Å². The Morgan fingerprint density at radius 3 is 2.54 bits per heavy atom. The minimum Gasteiger partial charge on any atom is -0.508 e. The highest BCUT2D eigenvalue weighted by atomic mass is 16.3. The molecule has 4 rings (SSSR count). The van der Waals surface area contributed by atoms with Crippen molar-refractivity contribution in [2.75, 3.05) is 5.32 Å². The molecule has 0 spiro atoms. The number of anilines is 1. The number of carbonyl (C=O) groups is 1. The third-order valence-electron chi connectivity index (χ3n) is 4.68. The molecule has 3 aromatic carbocycles. The van der Waals surface area contributed by atoms with Crippen molar-refractivity contribution < 1.29 is 9.90 Å². The minimum absolute atomic E-state index is 0.0201. The topological polar surface area (TPSA) is 52.6 Å². The van der Waals surface area contributed by atoms with Gasteiger partial charge in [-0.25, -0.2) is 0 Å². The van der Waals surface area contributed by atoms with Crippen LogP contribution >= 0.6 is 0 Å². The molecular weight excluding hydrogens is 324 g/mol. The van der Waals surface area contributed by atoms with Gasteiger partial charge in [0.2, 0.25) is 0 Å². The van der Waals surface area contributed by atoms with E-state index in [2.05, 4.69) is 17.4 Å². The summed E-state index contributed by atoms with van der Waals surface area (Å²) in [5.74, 6) is 0.166. The number of nitrogens with one attached hydrogen (secondary N) is 1. The van der Waals surface area contributed by atoms with Gasteiger partial charge in [0, 0.05) is 12.2 Å². The fraction of sp³-hybridized carbons (Fsp3) is 0.136. The van der Waals surface area contributed by atoms with Gasteiger partial charge in [0.25, 0.3) is 5.91 Å². The second-order valence-electron chi connectivity index (χ2n) is 6.61. The van der Waals surface area contributed by atoms with Crippen LogP contribution in [0.3, 0.4) is 0 Å². The van der Waals surface area contributed by atoms with E-state index < -0.39 is 0 Å². The minimum atomic E-state index is -0.342. The zero-order valence-electron chi connectivity index (χ0n) is 14.5. The number of amides is 1. The molecule has 0 aromatic heterocycles. The normalized spacial score (nSPS) is 16.1. The average Bonchev–Trinajstić information content (AvgIpc) is 2.65. The number of para-hydroxylation sites is 1. The van der Waals surface area contributed by atoms with E-state index in [9.17, 15) is 9.90 Å². The fourth-order valence-corrected chi connectivity index (χ4v) is 3.30. The lowest BCUT2D eigenvalue weighted by Gasteiger charge is -2.38. The maximum absolute atomic E-state index is 13.2. The molecule has 0 saturated carbocycles. The largest absolute Gasteiger partial charge is 0.508 e. The Labute approximate surface area is 152 Å². The molecule has 3 aromatic rings. The van der Waals surface area contributed by atoms with E-state index in [0.29, 0.717) is 12.1 Å². The van der Waals surface area contributed by atoms with Crippen molar-refractivity contribution in [1.82, 2.24) is 4.90 Å². The van der Waals surface area contributed by atoms with Crippen molar-refractivity contribution in [2.45, 2.75) is 19.6 Å². The van der Waals surface area contributed by atoms with E-state index in [0.717, 1.165) is 16.8 Å². The van der Waals surface area contributed by atoms with Crippen molar-refractivity contribution in [1.29, 1.82) is 0 Å². The first-order chi connectivity index (χ1) is 12.6. The average molecular weight is 344 g/mol. The maximum Gasteiger partial charge on any atom is 0.258 e. The molecule has 2 N–H and O–H groups in total. The summed E-state index contributed by atoms with van der Waals surface area (Å²) in [7, 11) is 0. The number of hydrogen-bond acceptors (Lipinski definition) is 3. The van der Waals surface area contributed by atoms with Crippen LogP contribution < -0.4 is 5.32 Å². The molecule has 0 fully saturated rings. The molecule has 130 valence electrons. The number of fused-ring (bicyclic) bond motifs is 1. The summed E-state index contributed by atoms with van der Waals surface area (Å²) in [6, 6.07) is 22.8. The van der Waals surface area contributed by atoms with E-state index in [4.69, 9.17) is 0 Å². The van der Waals surface area contributed by atoms with Gasteiger partial charge in [0.05, 0.1) is 5.56 Å². The molecule has 1 unspecified atom stereocenters. The SMILES string of the molecule is Cc1ccc(CN2C(=O)c3ccccc3NC2c2cccc(O)c2)cc1. The molecular formula is C22H20N2O2. The number of benzene rings is 3. The fourth-order valence-electron chi connectivity index (χ4n) is 3.30. The van der Waals surface area contributed by atoms with E-state index in [1.165, 1.54) is 5.56 Å². The van der Waals surface area contributed by atoms with Crippen molar-refractivity contribution in [3.8, 4) is 5.75 Å². The Hall–Kier alpha value is -3.27. The Morgan fingerprint density at radius 1 is 1.00 bits per heavy atom. The predicted molar refractivity (Wildman–Crippen MR) is 102 cm³/mol. The smallest absolute Gasteiger partial charge is 0.258 e. The van der Waals surface area contributed by atoms with Crippen LogP contribution in [0, 0.1) is 6.92 Å². The summed E-state index contributed by atoms with van der Waals surface area (Å²) < 4.78 is 0. The van der Waals surface area contributed by atoms with Crippen LogP contribution in [0.1, 0.15) is 33.2 Å². The van der Waals surface area contributed by atoms with E-state index in [1.807, 2.05) is 54.3 Å². The van der Waals surface area contributed by atoms with Crippen LogP contribution in [0.15, 0.2) is 72.8 Å². The van der Waals surface area contributed by atoms with Crippen LogP contribution in [0.4, 0.5) is 5.69 Å². The van der Waals surface area contributed by atoms with Gasteiger partial charge in [-0.1, -0.05) is 54.1 Å². The maximum atomic E-state index is 13.2. The van der Waals surface area contributed by atoms with Gasteiger partial charge in [0.15, 0.2) is 0 Å². The molecule has 4 heteroatoms. The van der Waals surface area contributed by atoms with Gasteiger partial charge >= 0.3 is 0 Å². The number of hydrogen-bond donors (Lipinski definition) is 2. The predicted octanol–water partition coefficient (Wildman–Crippen LogP) is 4.47. The molecule has 1 aliphatic rings. The van der Waals surface area contributed by atoms with Gasteiger partial charge < -0.3 is 15.3 Å². The summed E-state index contributed by atoms with van der Waals surface area (Å²) in [4.78, 5) is 15.0. The van der Waals surface area contributed by atoms with Crippen molar-refractivity contribution in [3.05, 3.63) is 95.1 Å². The highest BCUT2D eigenvalue weighted by molar-refractivity contribution is 6.01. The number of rotatable bonds is 3. The molecule has 0 radical (unpaired) electrons. The monoisotopic (exact) mass is 344 g/mol. The van der Waals surface area contributed by atoms with Crippen molar-refractivity contribution >= 4 is 11.6 Å². The number of phenols is 1. The second kappa shape index (κ2) is 6.56. The first-order valence-electron chi connectivity index (χ1n) is 8.63. The summed E-state index contributed by atoms with van der Waals surface area (Å²) in [6.45, 7) is 2.53.